The third kappa shape index (κ3) is 3.53. The molecule has 19 heavy (non-hydrogen) atoms. The molecule has 0 spiro atoms. The zero-order valence-corrected chi connectivity index (χ0v) is 10.6. The molecule has 1 saturated heterocycles. The predicted octanol–water partition coefficient (Wildman–Crippen LogP) is 0.681. The van der Waals surface area contributed by atoms with E-state index < -0.39 is 0 Å². The maximum Gasteiger partial charge on any atom is 0.249 e. The van der Waals surface area contributed by atoms with Crippen LogP contribution in [0.5, 0.6) is 0 Å². The number of amides is 1. The molecule has 0 saturated carbocycles. The highest BCUT2D eigenvalue weighted by atomic mass is 16.5. The third-order valence-electron chi connectivity index (χ3n) is 3.21. The van der Waals surface area contributed by atoms with Crippen LogP contribution in [0.15, 0.2) is 24.3 Å². The summed E-state index contributed by atoms with van der Waals surface area (Å²) in [5.74, 6) is -0.0969. The highest BCUT2D eigenvalue weighted by Gasteiger charge is 2.29. The van der Waals surface area contributed by atoms with Crippen LogP contribution >= 0.6 is 0 Å². The highest BCUT2D eigenvalue weighted by molar-refractivity contribution is 5.81. The van der Waals surface area contributed by atoms with Crippen molar-refractivity contribution in [1.29, 1.82) is 5.26 Å². The summed E-state index contributed by atoms with van der Waals surface area (Å²) in [7, 11) is 0. The Hall–Kier alpha value is -1.90. The Morgan fingerprint density at radius 3 is 2.74 bits per heavy atom. The van der Waals surface area contributed by atoms with Crippen molar-refractivity contribution in [2.24, 2.45) is 5.73 Å². The van der Waals surface area contributed by atoms with Gasteiger partial charge in [0.2, 0.25) is 5.91 Å². The van der Waals surface area contributed by atoms with E-state index in [4.69, 9.17) is 15.7 Å². The predicted molar refractivity (Wildman–Crippen MR) is 70.0 cm³/mol. The minimum atomic E-state index is -0.382. The van der Waals surface area contributed by atoms with Crippen LogP contribution in [0, 0.1) is 11.3 Å². The van der Waals surface area contributed by atoms with Gasteiger partial charge in [0.25, 0.3) is 0 Å². The lowest BCUT2D eigenvalue weighted by Gasteiger charge is -2.12. The van der Waals surface area contributed by atoms with Crippen molar-refractivity contribution >= 4 is 5.91 Å². The average molecular weight is 259 g/mol. The van der Waals surface area contributed by atoms with Crippen LogP contribution in [-0.2, 0) is 16.1 Å². The molecule has 5 heteroatoms. The van der Waals surface area contributed by atoms with Crippen molar-refractivity contribution in [3.8, 4) is 6.07 Å². The molecule has 1 aromatic carbocycles. The maximum atomic E-state index is 11.9. The average Bonchev–Trinajstić information content (AvgIpc) is 2.94. The number of carbonyl (C=O) groups excluding carboxylic acids is 1. The van der Waals surface area contributed by atoms with Gasteiger partial charge in [0.15, 0.2) is 0 Å². The fourth-order valence-electron chi connectivity index (χ4n) is 2.07. The van der Waals surface area contributed by atoms with Gasteiger partial charge in [-0.2, -0.15) is 5.26 Å². The lowest BCUT2D eigenvalue weighted by molar-refractivity contribution is -0.132. The number of hydrogen-bond acceptors (Lipinski definition) is 4. The molecule has 2 atom stereocenters. The van der Waals surface area contributed by atoms with Gasteiger partial charge < -0.3 is 15.8 Å². The zero-order chi connectivity index (χ0) is 13.7. The molecular formula is C14H17N3O2. The second-order valence-corrected chi connectivity index (χ2v) is 4.59. The van der Waals surface area contributed by atoms with Crippen molar-refractivity contribution in [3.05, 3.63) is 35.4 Å². The number of nitriles is 1. The fourth-order valence-corrected chi connectivity index (χ4v) is 2.07. The molecule has 5 nitrogen and oxygen atoms in total. The molecule has 0 aromatic heterocycles. The zero-order valence-electron chi connectivity index (χ0n) is 10.6. The van der Waals surface area contributed by atoms with E-state index in [2.05, 4.69) is 11.4 Å². The van der Waals surface area contributed by atoms with E-state index in [1.807, 2.05) is 12.1 Å². The molecule has 0 aliphatic carbocycles. The standard InChI is InChI=1S/C14H17N3O2/c15-7-10-1-3-11(4-2-10)9-17-14(18)13-6-5-12(8-16)19-13/h1-4,12-13H,5-6,8-9,16H2,(H,17,18). The van der Waals surface area contributed by atoms with Gasteiger partial charge in [-0.25, -0.2) is 0 Å². The molecule has 1 aliphatic rings. The third-order valence-corrected chi connectivity index (χ3v) is 3.21. The van der Waals surface area contributed by atoms with Crippen molar-refractivity contribution in [3.63, 3.8) is 0 Å². The molecule has 1 aliphatic heterocycles. The number of nitrogens with zero attached hydrogens (tertiary/aromatic N) is 1. The lowest BCUT2D eigenvalue weighted by atomic mass is 10.1. The van der Waals surface area contributed by atoms with E-state index >= 15 is 0 Å². The summed E-state index contributed by atoms with van der Waals surface area (Å²) in [5, 5.41) is 11.5. The van der Waals surface area contributed by atoms with Crippen LogP contribution in [0.4, 0.5) is 0 Å². The van der Waals surface area contributed by atoms with E-state index in [0.717, 1.165) is 18.4 Å². The highest BCUT2D eigenvalue weighted by Crippen LogP contribution is 2.18. The van der Waals surface area contributed by atoms with E-state index in [9.17, 15) is 4.79 Å². The number of carbonyl (C=O) groups is 1. The Labute approximate surface area is 112 Å². The van der Waals surface area contributed by atoms with Crippen molar-refractivity contribution in [1.82, 2.24) is 5.32 Å². The molecule has 2 rings (SSSR count). The van der Waals surface area contributed by atoms with E-state index in [1.54, 1.807) is 12.1 Å². The number of nitrogens with one attached hydrogen (secondary N) is 1. The Bertz CT molecular complexity index is 478. The number of rotatable bonds is 4. The van der Waals surface area contributed by atoms with Crippen molar-refractivity contribution in [2.75, 3.05) is 6.54 Å². The monoisotopic (exact) mass is 259 g/mol. The Morgan fingerprint density at radius 2 is 2.16 bits per heavy atom. The molecule has 1 aromatic rings. The molecule has 100 valence electrons. The van der Waals surface area contributed by atoms with Crippen LogP contribution in [0.25, 0.3) is 0 Å². The molecule has 0 bridgehead atoms. The molecule has 1 amide bonds. The largest absolute Gasteiger partial charge is 0.364 e. The van der Waals surface area contributed by atoms with Gasteiger partial charge in [0.1, 0.15) is 6.10 Å². The normalized spacial score (nSPS) is 21.9. The SMILES string of the molecule is N#Cc1ccc(CNC(=O)C2CCC(CN)O2)cc1. The topological polar surface area (TPSA) is 88.1 Å². The number of benzene rings is 1. The number of ether oxygens (including phenoxy) is 1. The lowest BCUT2D eigenvalue weighted by Crippen LogP contribution is -2.35. The summed E-state index contributed by atoms with van der Waals surface area (Å²) in [4.78, 5) is 11.9. The van der Waals surface area contributed by atoms with Crippen LogP contribution in [0.3, 0.4) is 0 Å². The molecule has 1 fully saturated rings. The molecular weight excluding hydrogens is 242 g/mol. The molecule has 2 unspecified atom stereocenters. The Morgan fingerprint density at radius 1 is 1.42 bits per heavy atom. The fraction of sp³-hybridized carbons (Fsp3) is 0.429. The summed E-state index contributed by atoms with van der Waals surface area (Å²) >= 11 is 0. The summed E-state index contributed by atoms with van der Waals surface area (Å²) in [6.45, 7) is 0.900. The quantitative estimate of drug-likeness (QED) is 0.832. The molecule has 0 radical (unpaired) electrons. The Kier molecular flexibility index (Phi) is 4.50. The van der Waals surface area contributed by atoms with E-state index in [-0.39, 0.29) is 18.1 Å². The van der Waals surface area contributed by atoms with Crippen LogP contribution in [0.1, 0.15) is 24.0 Å². The number of nitrogens with two attached hydrogens (primary N) is 1. The first-order chi connectivity index (χ1) is 9.22. The van der Waals surface area contributed by atoms with E-state index in [1.165, 1.54) is 0 Å². The van der Waals surface area contributed by atoms with Gasteiger partial charge in [-0.05, 0) is 30.5 Å². The van der Waals surface area contributed by atoms with Crippen LogP contribution < -0.4 is 11.1 Å². The van der Waals surface area contributed by atoms with Gasteiger partial charge in [0.05, 0.1) is 17.7 Å². The first-order valence-electron chi connectivity index (χ1n) is 6.35. The van der Waals surface area contributed by atoms with Gasteiger partial charge in [-0.3, -0.25) is 4.79 Å². The van der Waals surface area contributed by atoms with Gasteiger partial charge in [-0.1, -0.05) is 12.1 Å². The summed E-state index contributed by atoms with van der Waals surface area (Å²) in [5.41, 5.74) is 7.08. The first kappa shape index (κ1) is 13.5. The smallest absolute Gasteiger partial charge is 0.249 e. The first-order valence-corrected chi connectivity index (χ1v) is 6.35. The van der Waals surface area contributed by atoms with Crippen molar-refractivity contribution in [2.45, 2.75) is 31.6 Å². The summed E-state index contributed by atoms with van der Waals surface area (Å²) < 4.78 is 5.52. The summed E-state index contributed by atoms with van der Waals surface area (Å²) in [6.07, 6.45) is 1.18. The summed E-state index contributed by atoms with van der Waals surface area (Å²) in [6, 6.07) is 9.18. The molecule has 3 N–H and O–H groups in total. The maximum absolute atomic E-state index is 11.9. The minimum Gasteiger partial charge on any atom is -0.364 e. The molecule has 1 heterocycles. The van der Waals surface area contributed by atoms with Crippen LogP contribution in [-0.4, -0.2) is 24.7 Å². The second-order valence-electron chi connectivity index (χ2n) is 4.59. The minimum absolute atomic E-state index is 0.00524. The number of hydrogen-bond donors (Lipinski definition) is 2. The van der Waals surface area contributed by atoms with Gasteiger partial charge >= 0.3 is 0 Å². The Balaban J connectivity index is 1.82. The van der Waals surface area contributed by atoms with Gasteiger partial charge in [-0.15, -0.1) is 0 Å². The van der Waals surface area contributed by atoms with Gasteiger partial charge in [0, 0.05) is 13.1 Å². The van der Waals surface area contributed by atoms with Crippen LogP contribution in [0.2, 0.25) is 0 Å². The van der Waals surface area contributed by atoms with Crippen molar-refractivity contribution < 1.29 is 9.53 Å². The van der Waals surface area contributed by atoms with E-state index in [0.29, 0.717) is 18.7 Å². The second kappa shape index (κ2) is 6.32.